The molecule has 0 radical (unpaired) electrons. The van der Waals surface area contributed by atoms with E-state index in [0.717, 1.165) is 5.69 Å². The summed E-state index contributed by atoms with van der Waals surface area (Å²) in [6, 6.07) is 13.1. The van der Waals surface area contributed by atoms with Crippen LogP contribution in [0.15, 0.2) is 42.5 Å². The van der Waals surface area contributed by atoms with Gasteiger partial charge in [-0.3, -0.25) is 0 Å². The number of rotatable bonds is 2. The molecule has 0 aliphatic rings. The lowest BCUT2D eigenvalue weighted by molar-refractivity contribution is 0.590. The fourth-order valence-electron chi connectivity index (χ4n) is 2.02. The van der Waals surface area contributed by atoms with Gasteiger partial charge in [0, 0.05) is 11.4 Å². The zero-order valence-electron chi connectivity index (χ0n) is 13.3. The van der Waals surface area contributed by atoms with Gasteiger partial charge in [0.15, 0.2) is 5.11 Å². The normalized spacial score (nSPS) is 11.1. The number of hydrogen-bond acceptors (Lipinski definition) is 1. The van der Waals surface area contributed by atoms with Crippen molar-refractivity contribution >= 4 is 28.7 Å². The molecule has 0 atom stereocenters. The first kappa shape index (κ1) is 16.4. The molecule has 0 spiro atoms. The van der Waals surface area contributed by atoms with E-state index in [1.807, 2.05) is 12.1 Å². The Morgan fingerprint density at radius 2 is 1.50 bits per heavy atom. The van der Waals surface area contributed by atoms with Crippen molar-refractivity contribution < 1.29 is 4.39 Å². The van der Waals surface area contributed by atoms with Gasteiger partial charge in [0.1, 0.15) is 5.82 Å². The highest BCUT2D eigenvalue weighted by atomic mass is 32.1. The van der Waals surface area contributed by atoms with Crippen molar-refractivity contribution in [1.82, 2.24) is 0 Å². The first-order valence-corrected chi connectivity index (χ1v) is 7.61. The van der Waals surface area contributed by atoms with Crippen LogP contribution in [0.5, 0.6) is 0 Å². The Balaban J connectivity index is 2.01. The molecule has 0 aromatic heterocycles. The number of benzene rings is 2. The third-order valence-electron chi connectivity index (χ3n) is 3.44. The zero-order chi connectivity index (χ0) is 16.3. The van der Waals surface area contributed by atoms with E-state index in [-0.39, 0.29) is 11.2 Å². The predicted molar refractivity (Wildman–Crippen MR) is 96.1 cm³/mol. The second-order valence-corrected chi connectivity index (χ2v) is 6.78. The van der Waals surface area contributed by atoms with Gasteiger partial charge in [-0.2, -0.15) is 0 Å². The average Bonchev–Trinajstić information content (AvgIpc) is 2.42. The Morgan fingerprint density at radius 3 is 2.05 bits per heavy atom. The van der Waals surface area contributed by atoms with Crippen LogP contribution >= 0.6 is 12.2 Å². The number of anilines is 2. The van der Waals surface area contributed by atoms with Crippen LogP contribution in [-0.4, -0.2) is 5.11 Å². The highest BCUT2D eigenvalue weighted by Gasteiger charge is 2.12. The minimum Gasteiger partial charge on any atom is -0.332 e. The fraction of sp³-hybridized carbons (Fsp3) is 0.278. The van der Waals surface area contributed by atoms with Crippen molar-refractivity contribution in [1.29, 1.82) is 0 Å². The number of thiocarbonyl (C=S) groups is 1. The second-order valence-electron chi connectivity index (χ2n) is 6.37. The van der Waals surface area contributed by atoms with Crippen LogP contribution in [0, 0.1) is 12.7 Å². The van der Waals surface area contributed by atoms with Gasteiger partial charge in [0.2, 0.25) is 0 Å². The van der Waals surface area contributed by atoms with Gasteiger partial charge in [-0.15, -0.1) is 0 Å². The molecule has 0 aliphatic carbocycles. The van der Waals surface area contributed by atoms with Crippen molar-refractivity contribution in [2.45, 2.75) is 33.1 Å². The lowest BCUT2D eigenvalue weighted by Gasteiger charge is -2.19. The van der Waals surface area contributed by atoms with Crippen molar-refractivity contribution in [2.75, 3.05) is 10.6 Å². The molecule has 0 heterocycles. The van der Waals surface area contributed by atoms with Crippen LogP contribution in [0.2, 0.25) is 0 Å². The van der Waals surface area contributed by atoms with Crippen LogP contribution in [0.4, 0.5) is 15.8 Å². The summed E-state index contributed by atoms with van der Waals surface area (Å²) >= 11 is 5.26. The molecular weight excluding hydrogens is 295 g/mol. The van der Waals surface area contributed by atoms with E-state index in [4.69, 9.17) is 12.2 Å². The van der Waals surface area contributed by atoms with Gasteiger partial charge in [0.05, 0.1) is 0 Å². The molecule has 2 aromatic carbocycles. The molecule has 0 amide bonds. The molecule has 116 valence electrons. The van der Waals surface area contributed by atoms with Crippen LogP contribution < -0.4 is 10.6 Å². The van der Waals surface area contributed by atoms with Gasteiger partial charge >= 0.3 is 0 Å². The minimum absolute atomic E-state index is 0.122. The highest BCUT2D eigenvalue weighted by Crippen LogP contribution is 2.23. The lowest BCUT2D eigenvalue weighted by Crippen LogP contribution is -2.19. The van der Waals surface area contributed by atoms with Crippen molar-refractivity contribution in [2.24, 2.45) is 0 Å². The summed E-state index contributed by atoms with van der Waals surface area (Å²) in [6.45, 7) is 8.25. The molecule has 2 rings (SSSR count). The maximum absolute atomic E-state index is 13.5. The summed E-state index contributed by atoms with van der Waals surface area (Å²) in [5.74, 6) is -0.248. The first-order valence-electron chi connectivity index (χ1n) is 7.20. The summed E-state index contributed by atoms with van der Waals surface area (Å²) < 4.78 is 13.5. The number of nitrogens with one attached hydrogen (secondary N) is 2. The summed E-state index contributed by atoms with van der Waals surface area (Å²) in [6.07, 6.45) is 0. The molecule has 0 bridgehead atoms. The zero-order valence-corrected chi connectivity index (χ0v) is 14.1. The quantitative estimate of drug-likeness (QED) is 0.741. The molecule has 0 unspecified atom stereocenters. The molecule has 0 fully saturated rings. The standard InChI is InChI=1S/C18H21FN2S/c1-12-5-8-15(11-16(12)19)21-17(22)20-14-9-6-13(7-10-14)18(2,3)4/h5-11H,1-4H3,(H2,20,21,22). The second kappa shape index (κ2) is 6.44. The van der Waals surface area contributed by atoms with Crippen molar-refractivity contribution in [3.8, 4) is 0 Å². The van der Waals surface area contributed by atoms with E-state index in [1.165, 1.54) is 11.6 Å². The van der Waals surface area contributed by atoms with Crippen LogP contribution in [0.3, 0.4) is 0 Å². The SMILES string of the molecule is Cc1ccc(NC(=S)Nc2ccc(C(C)(C)C)cc2)cc1F. The Bertz CT molecular complexity index is 672. The third-order valence-corrected chi connectivity index (χ3v) is 3.64. The summed E-state index contributed by atoms with van der Waals surface area (Å²) in [7, 11) is 0. The van der Waals surface area contributed by atoms with Gasteiger partial charge in [-0.05, 0) is 59.9 Å². The monoisotopic (exact) mass is 316 g/mol. The van der Waals surface area contributed by atoms with E-state index < -0.39 is 0 Å². The maximum Gasteiger partial charge on any atom is 0.175 e. The number of aryl methyl sites for hydroxylation is 1. The largest absolute Gasteiger partial charge is 0.332 e. The predicted octanol–water partition coefficient (Wildman–Crippen LogP) is 5.24. The summed E-state index contributed by atoms with van der Waals surface area (Å²) in [5.41, 5.74) is 3.53. The first-order chi connectivity index (χ1) is 10.3. The lowest BCUT2D eigenvalue weighted by atomic mass is 9.87. The number of halogens is 1. The highest BCUT2D eigenvalue weighted by molar-refractivity contribution is 7.80. The molecule has 0 aliphatic heterocycles. The molecular formula is C18H21FN2S. The minimum atomic E-state index is -0.248. The Hall–Kier alpha value is -1.94. The average molecular weight is 316 g/mol. The van der Waals surface area contributed by atoms with Gasteiger partial charge in [0.25, 0.3) is 0 Å². The van der Waals surface area contributed by atoms with E-state index in [2.05, 4.69) is 43.5 Å². The molecule has 2 aromatic rings. The summed E-state index contributed by atoms with van der Waals surface area (Å²) in [5, 5.41) is 6.52. The van der Waals surface area contributed by atoms with Crippen molar-refractivity contribution in [3.05, 3.63) is 59.4 Å². The van der Waals surface area contributed by atoms with Crippen LogP contribution in [0.25, 0.3) is 0 Å². The smallest absolute Gasteiger partial charge is 0.175 e. The van der Waals surface area contributed by atoms with E-state index in [1.54, 1.807) is 19.1 Å². The Kier molecular flexibility index (Phi) is 4.81. The maximum atomic E-state index is 13.5. The molecule has 2 N–H and O–H groups in total. The Labute approximate surface area is 136 Å². The molecule has 0 saturated carbocycles. The van der Waals surface area contributed by atoms with E-state index >= 15 is 0 Å². The van der Waals surface area contributed by atoms with Gasteiger partial charge in [-0.25, -0.2) is 4.39 Å². The Morgan fingerprint density at radius 1 is 0.955 bits per heavy atom. The number of hydrogen-bond donors (Lipinski definition) is 2. The van der Waals surface area contributed by atoms with E-state index in [0.29, 0.717) is 16.4 Å². The molecule has 2 nitrogen and oxygen atoms in total. The third kappa shape index (κ3) is 4.28. The van der Waals surface area contributed by atoms with Crippen LogP contribution in [0.1, 0.15) is 31.9 Å². The van der Waals surface area contributed by atoms with Gasteiger partial charge in [-0.1, -0.05) is 39.0 Å². The molecule has 4 heteroatoms. The van der Waals surface area contributed by atoms with Gasteiger partial charge < -0.3 is 10.6 Å². The van der Waals surface area contributed by atoms with Crippen LogP contribution in [-0.2, 0) is 5.41 Å². The summed E-state index contributed by atoms with van der Waals surface area (Å²) in [4.78, 5) is 0. The van der Waals surface area contributed by atoms with Crippen molar-refractivity contribution in [3.63, 3.8) is 0 Å². The molecule has 0 saturated heterocycles. The fourth-order valence-corrected chi connectivity index (χ4v) is 2.25. The van der Waals surface area contributed by atoms with E-state index in [9.17, 15) is 4.39 Å². The molecule has 22 heavy (non-hydrogen) atoms. The topological polar surface area (TPSA) is 24.1 Å².